The van der Waals surface area contributed by atoms with Crippen molar-refractivity contribution < 1.29 is 0 Å². The Hall–Kier alpha value is -0.900. The van der Waals surface area contributed by atoms with Crippen LogP contribution in [0.25, 0.3) is 0 Å². The molecule has 1 aromatic heterocycles. The molecule has 2 rings (SSSR count). The smallest absolute Gasteiger partial charge is 0.146 e. The quantitative estimate of drug-likeness (QED) is 0.724. The van der Waals surface area contributed by atoms with E-state index in [1.165, 1.54) is 6.42 Å². The summed E-state index contributed by atoms with van der Waals surface area (Å²) in [7, 11) is 1.94. The average Bonchev–Trinajstić information content (AvgIpc) is 2.49. The number of hydrogen-bond donors (Lipinski definition) is 1. The van der Waals surface area contributed by atoms with Gasteiger partial charge in [-0.05, 0) is 19.4 Å². The van der Waals surface area contributed by atoms with Gasteiger partial charge < -0.3 is 9.88 Å². The standard InChI is InChI=1S/C9H16N4/c1-7-3-4-13-8(5-7)11-12-9(13)6-10-2/h7,10H,3-6H2,1-2H3. The highest BCUT2D eigenvalue weighted by molar-refractivity contribution is 4.99. The van der Waals surface area contributed by atoms with E-state index in [0.717, 1.165) is 37.1 Å². The summed E-state index contributed by atoms with van der Waals surface area (Å²) in [6.45, 7) is 4.18. The first-order chi connectivity index (χ1) is 6.31. The molecule has 4 nitrogen and oxygen atoms in total. The summed E-state index contributed by atoms with van der Waals surface area (Å²) >= 11 is 0. The van der Waals surface area contributed by atoms with Gasteiger partial charge in [0.15, 0.2) is 0 Å². The molecule has 0 spiro atoms. The van der Waals surface area contributed by atoms with Crippen LogP contribution in [0.15, 0.2) is 0 Å². The van der Waals surface area contributed by atoms with E-state index in [2.05, 4.69) is 27.0 Å². The van der Waals surface area contributed by atoms with Crippen molar-refractivity contribution in [1.82, 2.24) is 20.1 Å². The fraction of sp³-hybridized carbons (Fsp3) is 0.778. The van der Waals surface area contributed by atoms with Crippen LogP contribution in [0.5, 0.6) is 0 Å². The Bertz CT molecular complexity index is 278. The second-order valence-electron chi connectivity index (χ2n) is 3.81. The summed E-state index contributed by atoms with van der Waals surface area (Å²) in [4.78, 5) is 0. The lowest BCUT2D eigenvalue weighted by Gasteiger charge is -2.20. The molecule has 1 aromatic rings. The third kappa shape index (κ3) is 1.58. The van der Waals surface area contributed by atoms with Crippen LogP contribution in [0, 0.1) is 5.92 Å². The van der Waals surface area contributed by atoms with Crippen molar-refractivity contribution in [3.05, 3.63) is 11.6 Å². The molecular weight excluding hydrogens is 164 g/mol. The second-order valence-corrected chi connectivity index (χ2v) is 3.81. The molecule has 13 heavy (non-hydrogen) atoms. The molecule has 0 aliphatic carbocycles. The zero-order valence-corrected chi connectivity index (χ0v) is 8.25. The van der Waals surface area contributed by atoms with Gasteiger partial charge in [-0.25, -0.2) is 0 Å². The van der Waals surface area contributed by atoms with Gasteiger partial charge in [-0.1, -0.05) is 6.92 Å². The molecule has 0 radical (unpaired) electrons. The van der Waals surface area contributed by atoms with Crippen molar-refractivity contribution in [3.63, 3.8) is 0 Å². The fourth-order valence-electron chi connectivity index (χ4n) is 1.83. The predicted octanol–water partition coefficient (Wildman–Crippen LogP) is 0.580. The molecule has 0 saturated carbocycles. The molecule has 0 fully saturated rings. The molecule has 0 saturated heterocycles. The SMILES string of the molecule is CNCc1nnc2n1CCC(C)C2. The van der Waals surface area contributed by atoms with E-state index in [4.69, 9.17) is 0 Å². The van der Waals surface area contributed by atoms with Crippen LogP contribution in [0.1, 0.15) is 25.0 Å². The van der Waals surface area contributed by atoms with Gasteiger partial charge in [-0.3, -0.25) is 0 Å². The average molecular weight is 180 g/mol. The lowest BCUT2D eigenvalue weighted by atomic mass is 10.0. The first-order valence-electron chi connectivity index (χ1n) is 4.87. The number of aromatic nitrogens is 3. The summed E-state index contributed by atoms with van der Waals surface area (Å²) in [5.41, 5.74) is 0. The Labute approximate surface area is 78.4 Å². The largest absolute Gasteiger partial charge is 0.314 e. The van der Waals surface area contributed by atoms with E-state index < -0.39 is 0 Å². The third-order valence-corrected chi connectivity index (χ3v) is 2.62. The van der Waals surface area contributed by atoms with Crippen molar-refractivity contribution in [2.45, 2.75) is 32.9 Å². The zero-order chi connectivity index (χ0) is 9.26. The van der Waals surface area contributed by atoms with E-state index in [9.17, 15) is 0 Å². The zero-order valence-electron chi connectivity index (χ0n) is 8.25. The number of nitrogens with zero attached hydrogens (tertiary/aromatic N) is 3. The molecule has 4 heteroatoms. The lowest BCUT2D eigenvalue weighted by molar-refractivity contribution is 0.401. The van der Waals surface area contributed by atoms with Crippen LogP contribution < -0.4 is 5.32 Å². The maximum absolute atomic E-state index is 4.20. The van der Waals surface area contributed by atoms with Gasteiger partial charge in [0, 0.05) is 13.0 Å². The van der Waals surface area contributed by atoms with Crippen LogP contribution in [0.3, 0.4) is 0 Å². The fourth-order valence-corrected chi connectivity index (χ4v) is 1.83. The molecule has 0 bridgehead atoms. The van der Waals surface area contributed by atoms with E-state index in [1.54, 1.807) is 0 Å². The maximum atomic E-state index is 4.20. The van der Waals surface area contributed by atoms with Gasteiger partial charge in [-0.15, -0.1) is 10.2 Å². The number of fused-ring (bicyclic) bond motifs is 1. The first-order valence-corrected chi connectivity index (χ1v) is 4.87. The summed E-state index contributed by atoms with van der Waals surface area (Å²) in [6.07, 6.45) is 2.33. The minimum Gasteiger partial charge on any atom is -0.314 e. The van der Waals surface area contributed by atoms with Gasteiger partial charge in [-0.2, -0.15) is 0 Å². The number of rotatable bonds is 2. The molecule has 1 N–H and O–H groups in total. The van der Waals surface area contributed by atoms with Gasteiger partial charge in [0.2, 0.25) is 0 Å². The Morgan fingerprint density at radius 2 is 2.38 bits per heavy atom. The van der Waals surface area contributed by atoms with Crippen molar-refractivity contribution in [2.24, 2.45) is 5.92 Å². The van der Waals surface area contributed by atoms with Crippen LogP contribution >= 0.6 is 0 Å². The third-order valence-electron chi connectivity index (χ3n) is 2.62. The van der Waals surface area contributed by atoms with Gasteiger partial charge in [0.25, 0.3) is 0 Å². The van der Waals surface area contributed by atoms with Crippen molar-refractivity contribution in [3.8, 4) is 0 Å². The highest BCUT2D eigenvalue weighted by atomic mass is 15.3. The number of nitrogens with one attached hydrogen (secondary N) is 1. The number of hydrogen-bond acceptors (Lipinski definition) is 3. The summed E-state index contributed by atoms with van der Waals surface area (Å²) in [5.74, 6) is 2.99. The van der Waals surface area contributed by atoms with E-state index in [1.807, 2.05) is 7.05 Å². The second kappa shape index (κ2) is 3.46. The minimum atomic E-state index is 0.763. The molecule has 1 atom stereocenters. The van der Waals surface area contributed by atoms with Gasteiger partial charge in [0.05, 0.1) is 6.54 Å². The monoisotopic (exact) mass is 180 g/mol. The highest BCUT2D eigenvalue weighted by Crippen LogP contribution is 2.19. The van der Waals surface area contributed by atoms with Gasteiger partial charge >= 0.3 is 0 Å². The Morgan fingerprint density at radius 1 is 1.54 bits per heavy atom. The van der Waals surface area contributed by atoms with Crippen LogP contribution in [-0.4, -0.2) is 21.8 Å². The Balaban J connectivity index is 2.23. The molecular formula is C9H16N4. The molecule has 0 amide bonds. The Kier molecular flexibility index (Phi) is 2.31. The lowest BCUT2D eigenvalue weighted by Crippen LogP contribution is -2.20. The minimum absolute atomic E-state index is 0.763. The van der Waals surface area contributed by atoms with Gasteiger partial charge in [0.1, 0.15) is 11.6 Å². The van der Waals surface area contributed by atoms with E-state index >= 15 is 0 Å². The van der Waals surface area contributed by atoms with Crippen LogP contribution in [0.2, 0.25) is 0 Å². The molecule has 0 aromatic carbocycles. The van der Waals surface area contributed by atoms with Crippen molar-refractivity contribution in [2.75, 3.05) is 7.05 Å². The molecule has 2 heterocycles. The molecule has 72 valence electrons. The van der Waals surface area contributed by atoms with Crippen LogP contribution in [-0.2, 0) is 19.5 Å². The molecule has 1 aliphatic rings. The Morgan fingerprint density at radius 3 is 3.15 bits per heavy atom. The first kappa shape index (κ1) is 8.69. The van der Waals surface area contributed by atoms with Crippen molar-refractivity contribution in [1.29, 1.82) is 0 Å². The van der Waals surface area contributed by atoms with Crippen LogP contribution in [0.4, 0.5) is 0 Å². The summed E-state index contributed by atoms with van der Waals surface area (Å²) in [5, 5.41) is 11.5. The molecule has 1 aliphatic heterocycles. The molecule has 1 unspecified atom stereocenters. The topological polar surface area (TPSA) is 42.7 Å². The predicted molar refractivity (Wildman–Crippen MR) is 50.3 cm³/mol. The highest BCUT2D eigenvalue weighted by Gasteiger charge is 2.19. The maximum Gasteiger partial charge on any atom is 0.146 e. The summed E-state index contributed by atoms with van der Waals surface area (Å²) < 4.78 is 2.25. The van der Waals surface area contributed by atoms with Crippen molar-refractivity contribution >= 4 is 0 Å². The normalized spacial score (nSPS) is 21.5. The van der Waals surface area contributed by atoms with E-state index in [0.29, 0.717) is 0 Å². The summed E-state index contributed by atoms with van der Waals surface area (Å²) in [6, 6.07) is 0. The van der Waals surface area contributed by atoms with E-state index in [-0.39, 0.29) is 0 Å².